The zero-order chi connectivity index (χ0) is 26.5. The predicted octanol–water partition coefficient (Wildman–Crippen LogP) is 1.25. The van der Waals surface area contributed by atoms with Crippen LogP contribution in [0.1, 0.15) is 43.7 Å². The number of aryl methyl sites for hydroxylation is 1. The minimum absolute atomic E-state index is 0.212. The Hall–Kier alpha value is -4.55. The summed E-state index contributed by atoms with van der Waals surface area (Å²) in [5, 5.41) is 55.1. The van der Waals surface area contributed by atoms with Crippen LogP contribution in [0.4, 0.5) is 0 Å². The van der Waals surface area contributed by atoms with Gasteiger partial charge >= 0.3 is 11.4 Å². The van der Waals surface area contributed by atoms with E-state index in [1.807, 2.05) is 0 Å². The van der Waals surface area contributed by atoms with Gasteiger partial charge in [0.05, 0.1) is 23.8 Å². The molecular formula is C25H18O12. The maximum Gasteiger partial charge on any atom is 0.347 e. The minimum atomic E-state index is -2.44. The molecule has 3 heterocycles. The number of fused-ring (bicyclic) bond motifs is 4. The molecule has 0 radical (unpaired) electrons. The average Bonchev–Trinajstić information content (AvgIpc) is 3.13. The molecule has 2 aromatic carbocycles. The lowest BCUT2D eigenvalue weighted by atomic mass is 9.86. The van der Waals surface area contributed by atoms with Crippen LogP contribution in [0.15, 0.2) is 33.2 Å². The molecule has 0 bridgehead atoms. The molecule has 6 rings (SSSR count). The fourth-order valence-electron chi connectivity index (χ4n) is 5.16. The number of aliphatic hydroxyl groups excluding tert-OH is 2. The molecule has 0 fully saturated rings. The van der Waals surface area contributed by atoms with Crippen LogP contribution in [0.2, 0.25) is 0 Å². The molecule has 1 aliphatic carbocycles. The fraction of sp³-hybridized carbons (Fsp3) is 0.240. The van der Waals surface area contributed by atoms with Crippen molar-refractivity contribution in [2.24, 2.45) is 0 Å². The summed E-state index contributed by atoms with van der Waals surface area (Å²) in [5.74, 6) is -7.64. The largest absolute Gasteiger partial charge is 0.507 e. The van der Waals surface area contributed by atoms with Gasteiger partial charge in [0.25, 0.3) is 0 Å². The molecule has 37 heavy (non-hydrogen) atoms. The molecule has 12 nitrogen and oxygen atoms in total. The molecule has 2 unspecified atom stereocenters. The number of allylic oxidation sites excluding steroid dienone is 2. The number of hydrogen-bond acceptors (Lipinski definition) is 12. The van der Waals surface area contributed by atoms with Gasteiger partial charge in [-0.3, -0.25) is 9.59 Å². The topological polar surface area (TPSA) is 193 Å². The van der Waals surface area contributed by atoms with Crippen molar-refractivity contribution in [3.05, 3.63) is 62.4 Å². The Kier molecular flexibility index (Phi) is 4.48. The summed E-state index contributed by atoms with van der Waals surface area (Å²) in [5.41, 5.74) is -2.29. The van der Waals surface area contributed by atoms with E-state index in [1.54, 1.807) is 6.92 Å². The standard InChI is InChI=1S/C25H18O12/c1-7-3-8-4-9-5-12(27)25(36-21(9)19(30)13(8)24(33)35-7)23(32)16-18(29)14-10(26)6-11(34-2)17(28)15(14)20(31)22(16)37-25/h3-4,6,12,23,27,29-32H,5H2,1-2H3/t12?,23?,25-/m1/s1. The number of aliphatic hydroxyl groups is 2. The summed E-state index contributed by atoms with van der Waals surface area (Å²) in [6, 6.07) is 3.02. The van der Waals surface area contributed by atoms with Crippen LogP contribution in [-0.2, 0) is 11.2 Å². The lowest BCUT2D eigenvalue weighted by Gasteiger charge is -2.40. The molecular weight excluding hydrogens is 492 g/mol. The Bertz CT molecular complexity index is 1680. The first-order valence-electron chi connectivity index (χ1n) is 11.0. The number of methoxy groups -OCH3 is 1. The Morgan fingerprint density at radius 2 is 1.68 bits per heavy atom. The number of phenolic OH excluding ortho intramolecular Hbond substituents is 3. The lowest BCUT2D eigenvalue weighted by molar-refractivity contribution is -0.234. The van der Waals surface area contributed by atoms with Gasteiger partial charge in [-0.1, -0.05) is 0 Å². The van der Waals surface area contributed by atoms with Crippen molar-refractivity contribution in [2.45, 2.75) is 31.3 Å². The highest BCUT2D eigenvalue weighted by Crippen LogP contribution is 2.59. The van der Waals surface area contributed by atoms with Crippen LogP contribution in [-0.4, -0.2) is 56.1 Å². The van der Waals surface area contributed by atoms with Gasteiger partial charge in [0.2, 0.25) is 5.78 Å². The minimum Gasteiger partial charge on any atom is -0.507 e. The molecule has 12 heteroatoms. The molecule has 2 aliphatic heterocycles. The number of ether oxygens (including phenoxy) is 3. The first kappa shape index (κ1) is 22.9. The molecule has 1 aromatic heterocycles. The fourth-order valence-corrected chi connectivity index (χ4v) is 5.16. The zero-order valence-electron chi connectivity index (χ0n) is 19.2. The van der Waals surface area contributed by atoms with Crippen LogP contribution >= 0.6 is 0 Å². The number of phenols is 3. The molecule has 5 N–H and O–H groups in total. The summed E-state index contributed by atoms with van der Waals surface area (Å²) in [7, 11) is 1.14. The number of benzene rings is 2. The second kappa shape index (κ2) is 7.24. The molecule has 190 valence electrons. The van der Waals surface area contributed by atoms with E-state index in [0.717, 1.165) is 13.2 Å². The monoisotopic (exact) mass is 510 g/mol. The van der Waals surface area contributed by atoms with E-state index in [-0.39, 0.29) is 23.1 Å². The summed E-state index contributed by atoms with van der Waals surface area (Å²) in [4.78, 5) is 37.8. The van der Waals surface area contributed by atoms with E-state index in [4.69, 9.17) is 18.6 Å². The van der Waals surface area contributed by atoms with E-state index in [2.05, 4.69) is 0 Å². The highest BCUT2D eigenvalue weighted by Gasteiger charge is 2.61. The zero-order valence-corrected chi connectivity index (χ0v) is 19.2. The average molecular weight is 510 g/mol. The van der Waals surface area contributed by atoms with E-state index in [0.29, 0.717) is 11.1 Å². The lowest BCUT2D eigenvalue weighted by Crippen LogP contribution is -2.57. The van der Waals surface area contributed by atoms with Gasteiger partial charge in [-0.15, -0.1) is 0 Å². The van der Waals surface area contributed by atoms with Crippen molar-refractivity contribution in [1.29, 1.82) is 0 Å². The Morgan fingerprint density at radius 1 is 0.973 bits per heavy atom. The van der Waals surface area contributed by atoms with Gasteiger partial charge in [0, 0.05) is 18.1 Å². The third-order valence-corrected chi connectivity index (χ3v) is 6.85. The van der Waals surface area contributed by atoms with Crippen molar-refractivity contribution in [3.63, 3.8) is 0 Å². The van der Waals surface area contributed by atoms with Crippen LogP contribution in [0.3, 0.4) is 0 Å². The maximum absolute atomic E-state index is 12.8. The van der Waals surface area contributed by atoms with Gasteiger partial charge in [0.15, 0.2) is 40.6 Å². The van der Waals surface area contributed by atoms with Gasteiger partial charge in [-0.05, 0) is 24.4 Å². The number of Topliss-reactive ketones (excluding diaryl/α,β-unsaturated/α-hetero) is 1. The maximum atomic E-state index is 12.8. The third-order valence-electron chi connectivity index (χ3n) is 6.85. The molecule has 3 aromatic rings. The van der Waals surface area contributed by atoms with E-state index in [1.165, 1.54) is 12.1 Å². The molecule has 1 spiro atoms. The quantitative estimate of drug-likeness (QED) is 0.295. The molecule has 3 atom stereocenters. The molecule has 0 saturated carbocycles. The number of hydrogen-bond donors (Lipinski definition) is 5. The van der Waals surface area contributed by atoms with E-state index < -0.39 is 80.6 Å². The summed E-state index contributed by atoms with van der Waals surface area (Å²) >= 11 is 0. The third kappa shape index (κ3) is 2.76. The van der Waals surface area contributed by atoms with E-state index in [9.17, 15) is 39.9 Å². The highest BCUT2D eigenvalue weighted by atomic mass is 16.7. The van der Waals surface area contributed by atoms with Crippen molar-refractivity contribution < 1.29 is 53.7 Å². The Morgan fingerprint density at radius 3 is 2.38 bits per heavy atom. The van der Waals surface area contributed by atoms with Crippen molar-refractivity contribution >= 4 is 22.3 Å². The number of carbonyl (C=O) groups is 2. The Labute approximate surface area is 206 Å². The number of carbonyl (C=O) groups excluding carboxylic acids is 2. The van der Waals surface area contributed by atoms with Crippen molar-refractivity contribution in [1.82, 2.24) is 0 Å². The van der Waals surface area contributed by atoms with Gasteiger partial charge < -0.3 is 44.2 Å². The first-order valence-corrected chi connectivity index (χ1v) is 11.0. The summed E-state index contributed by atoms with van der Waals surface area (Å²) in [6.45, 7) is 1.55. The van der Waals surface area contributed by atoms with Gasteiger partial charge in [0.1, 0.15) is 23.0 Å². The molecule has 3 aliphatic rings. The second-order valence-electron chi connectivity index (χ2n) is 8.97. The van der Waals surface area contributed by atoms with Gasteiger partial charge in [-0.2, -0.15) is 0 Å². The predicted molar refractivity (Wildman–Crippen MR) is 121 cm³/mol. The van der Waals surface area contributed by atoms with Crippen molar-refractivity contribution in [2.75, 3.05) is 7.11 Å². The van der Waals surface area contributed by atoms with Crippen LogP contribution in [0.5, 0.6) is 28.7 Å². The smallest absolute Gasteiger partial charge is 0.347 e. The highest BCUT2D eigenvalue weighted by molar-refractivity contribution is 6.26. The number of aromatic hydroxyl groups is 3. The summed E-state index contributed by atoms with van der Waals surface area (Å²) in [6.07, 6.45) is -3.08. The van der Waals surface area contributed by atoms with Crippen LogP contribution in [0, 0.1) is 6.92 Å². The molecule has 0 saturated heterocycles. The number of rotatable bonds is 1. The first-order chi connectivity index (χ1) is 17.5. The van der Waals surface area contributed by atoms with E-state index >= 15 is 0 Å². The van der Waals surface area contributed by atoms with Crippen LogP contribution in [0.25, 0.3) is 10.8 Å². The SMILES string of the molecule is COC1=CC(=O)c2c(O)c3c(c(O)c2C1=O)O[C@@]1(Oc2c(cc4cc(C)oc(=O)c4c2O)CC1O)C3O. The van der Waals surface area contributed by atoms with Gasteiger partial charge in [-0.25, -0.2) is 4.79 Å². The van der Waals surface area contributed by atoms with Crippen molar-refractivity contribution in [3.8, 4) is 28.7 Å². The summed E-state index contributed by atoms with van der Waals surface area (Å²) < 4.78 is 21.4. The second-order valence-corrected chi connectivity index (χ2v) is 8.97. The van der Waals surface area contributed by atoms with Crippen LogP contribution < -0.4 is 15.1 Å². The molecule has 0 amide bonds. The Balaban J connectivity index is 1.54. The normalized spacial score (nSPS) is 23.7. The number of ketones is 2.